The van der Waals surface area contributed by atoms with E-state index in [9.17, 15) is 14.9 Å². The van der Waals surface area contributed by atoms with Gasteiger partial charge in [-0.15, -0.1) is 0 Å². The lowest BCUT2D eigenvalue weighted by Gasteiger charge is -2.09. The summed E-state index contributed by atoms with van der Waals surface area (Å²) in [5, 5.41) is 22.3. The molecule has 1 amide bonds. The Morgan fingerprint density at radius 3 is 2.85 bits per heavy atom. The normalized spacial score (nSPS) is 12.2. The van der Waals surface area contributed by atoms with Crippen molar-refractivity contribution >= 4 is 11.6 Å². The highest BCUT2D eigenvalue weighted by atomic mass is 16.6. The summed E-state index contributed by atoms with van der Waals surface area (Å²) in [6.07, 6.45) is 2.96. The first-order valence-corrected chi connectivity index (χ1v) is 6.73. The first-order chi connectivity index (χ1) is 9.49. The first kappa shape index (κ1) is 16.2. The van der Waals surface area contributed by atoms with Gasteiger partial charge in [0.1, 0.15) is 5.69 Å². The predicted molar refractivity (Wildman–Crippen MR) is 74.6 cm³/mol. The second-order valence-corrected chi connectivity index (χ2v) is 4.81. The van der Waals surface area contributed by atoms with Crippen molar-refractivity contribution in [3.63, 3.8) is 0 Å². The van der Waals surface area contributed by atoms with E-state index in [4.69, 9.17) is 5.11 Å². The summed E-state index contributed by atoms with van der Waals surface area (Å²) in [7, 11) is 0. The van der Waals surface area contributed by atoms with Crippen LogP contribution in [0.15, 0.2) is 12.3 Å². The number of hydrogen-bond acceptors (Lipinski definition) is 4. The second-order valence-electron chi connectivity index (χ2n) is 4.81. The average molecular weight is 283 g/mol. The fourth-order valence-electron chi connectivity index (χ4n) is 1.88. The Morgan fingerprint density at radius 2 is 2.30 bits per heavy atom. The van der Waals surface area contributed by atoms with Crippen molar-refractivity contribution in [1.29, 1.82) is 0 Å². The Morgan fingerprint density at radius 1 is 1.60 bits per heavy atom. The van der Waals surface area contributed by atoms with Gasteiger partial charge in [-0.25, -0.2) is 0 Å². The lowest BCUT2D eigenvalue weighted by atomic mass is 10.1. The highest BCUT2D eigenvalue weighted by Crippen LogP contribution is 2.16. The Bertz CT molecular complexity index is 470. The third-order valence-electron chi connectivity index (χ3n) is 3.14. The van der Waals surface area contributed by atoms with E-state index in [0.29, 0.717) is 18.8 Å². The van der Waals surface area contributed by atoms with Gasteiger partial charge in [0.15, 0.2) is 0 Å². The molecule has 0 bridgehead atoms. The minimum Gasteiger partial charge on any atom is -0.396 e. The largest absolute Gasteiger partial charge is 0.396 e. The SMILES string of the molecule is CCn1cc([N+](=O)[O-])cc1C(=O)NCCCC(C)CO. The van der Waals surface area contributed by atoms with E-state index in [0.717, 1.165) is 12.8 Å². The van der Waals surface area contributed by atoms with Crippen LogP contribution in [0.4, 0.5) is 5.69 Å². The number of aryl methyl sites for hydroxylation is 1. The highest BCUT2D eigenvalue weighted by Gasteiger charge is 2.18. The van der Waals surface area contributed by atoms with E-state index < -0.39 is 4.92 Å². The number of rotatable bonds is 8. The van der Waals surface area contributed by atoms with Crippen molar-refractivity contribution in [1.82, 2.24) is 9.88 Å². The van der Waals surface area contributed by atoms with Crippen LogP contribution in [0.3, 0.4) is 0 Å². The van der Waals surface area contributed by atoms with Crippen molar-refractivity contribution < 1.29 is 14.8 Å². The van der Waals surface area contributed by atoms with E-state index in [1.807, 2.05) is 13.8 Å². The maximum absolute atomic E-state index is 12.0. The van der Waals surface area contributed by atoms with Gasteiger partial charge in [0.2, 0.25) is 0 Å². The molecule has 0 aliphatic rings. The van der Waals surface area contributed by atoms with Gasteiger partial charge in [-0.2, -0.15) is 0 Å². The minimum absolute atomic E-state index is 0.0779. The molecule has 0 aromatic carbocycles. The molecule has 1 atom stereocenters. The Kier molecular flexibility index (Phi) is 6.17. The Hall–Kier alpha value is -1.89. The number of carbonyl (C=O) groups excluding carboxylic acids is 1. The van der Waals surface area contributed by atoms with Gasteiger partial charge in [0.25, 0.3) is 11.6 Å². The van der Waals surface area contributed by atoms with Crippen LogP contribution in [0, 0.1) is 16.0 Å². The maximum atomic E-state index is 12.0. The van der Waals surface area contributed by atoms with Gasteiger partial charge in [0, 0.05) is 25.8 Å². The number of hydrogen-bond donors (Lipinski definition) is 2. The Labute approximate surface area is 117 Å². The maximum Gasteiger partial charge on any atom is 0.287 e. The van der Waals surface area contributed by atoms with Crippen molar-refractivity contribution in [2.75, 3.05) is 13.2 Å². The van der Waals surface area contributed by atoms with Crippen LogP contribution >= 0.6 is 0 Å². The van der Waals surface area contributed by atoms with Gasteiger partial charge in [0.05, 0.1) is 11.1 Å². The zero-order chi connectivity index (χ0) is 15.1. The van der Waals surface area contributed by atoms with Crippen LogP contribution in [0.2, 0.25) is 0 Å². The lowest BCUT2D eigenvalue weighted by molar-refractivity contribution is -0.384. The summed E-state index contributed by atoms with van der Waals surface area (Å²) in [5.41, 5.74) is 0.223. The second kappa shape index (κ2) is 7.64. The molecule has 112 valence electrons. The number of nitrogens with zero attached hydrogens (tertiary/aromatic N) is 2. The number of aliphatic hydroxyl groups excluding tert-OH is 1. The van der Waals surface area contributed by atoms with Crippen molar-refractivity contribution in [3.8, 4) is 0 Å². The van der Waals surface area contributed by atoms with E-state index in [1.165, 1.54) is 12.3 Å². The topological polar surface area (TPSA) is 97.4 Å². The molecule has 7 nitrogen and oxygen atoms in total. The minimum atomic E-state index is -0.508. The lowest BCUT2D eigenvalue weighted by Crippen LogP contribution is -2.27. The van der Waals surface area contributed by atoms with Gasteiger partial charge in [-0.1, -0.05) is 6.92 Å². The van der Waals surface area contributed by atoms with Crippen LogP contribution in [-0.2, 0) is 6.54 Å². The molecule has 0 aliphatic carbocycles. The summed E-state index contributed by atoms with van der Waals surface area (Å²) >= 11 is 0. The zero-order valence-electron chi connectivity index (χ0n) is 11.8. The molecule has 0 spiro atoms. The molecule has 1 aromatic heterocycles. The molecule has 0 saturated carbocycles. The number of carbonyl (C=O) groups is 1. The smallest absolute Gasteiger partial charge is 0.287 e. The molecule has 0 fully saturated rings. The molecule has 2 N–H and O–H groups in total. The van der Waals surface area contributed by atoms with E-state index in [2.05, 4.69) is 5.32 Å². The molecule has 1 rings (SSSR count). The molecular formula is C13H21N3O4. The summed E-state index contributed by atoms with van der Waals surface area (Å²) < 4.78 is 1.56. The number of nitrogens with one attached hydrogen (secondary N) is 1. The van der Waals surface area contributed by atoms with E-state index >= 15 is 0 Å². The quantitative estimate of drug-likeness (QED) is 0.429. The van der Waals surface area contributed by atoms with Crippen molar-refractivity contribution in [3.05, 3.63) is 28.1 Å². The van der Waals surface area contributed by atoms with Crippen LogP contribution in [0.1, 0.15) is 37.2 Å². The van der Waals surface area contributed by atoms with Gasteiger partial charge in [-0.3, -0.25) is 14.9 Å². The highest BCUT2D eigenvalue weighted by molar-refractivity contribution is 5.93. The summed E-state index contributed by atoms with van der Waals surface area (Å²) in [6.45, 7) is 4.89. The fourth-order valence-corrected chi connectivity index (χ4v) is 1.88. The summed E-state index contributed by atoms with van der Waals surface area (Å²) in [6, 6.07) is 1.29. The number of aliphatic hydroxyl groups is 1. The van der Waals surface area contributed by atoms with Crippen LogP contribution in [-0.4, -0.2) is 33.7 Å². The molecule has 1 aromatic rings. The number of amides is 1. The molecular weight excluding hydrogens is 262 g/mol. The van der Waals surface area contributed by atoms with Crippen molar-refractivity contribution in [2.45, 2.75) is 33.2 Å². The van der Waals surface area contributed by atoms with Gasteiger partial charge < -0.3 is 15.0 Å². The summed E-state index contributed by atoms with van der Waals surface area (Å²) in [5.74, 6) is -0.0934. The number of nitro groups is 1. The van der Waals surface area contributed by atoms with Crippen LogP contribution in [0.25, 0.3) is 0 Å². The number of aromatic nitrogens is 1. The average Bonchev–Trinajstić information content (AvgIpc) is 2.87. The first-order valence-electron chi connectivity index (χ1n) is 6.73. The third-order valence-corrected chi connectivity index (χ3v) is 3.14. The molecule has 20 heavy (non-hydrogen) atoms. The van der Waals surface area contributed by atoms with Gasteiger partial charge >= 0.3 is 0 Å². The molecule has 0 radical (unpaired) electrons. The molecule has 0 saturated heterocycles. The van der Waals surface area contributed by atoms with Gasteiger partial charge in [-0.05, 0) is 25.7 Å². The monoisotopic (exact) mass is 283 g/mol. The molecule has 1 unspecified atom stereocenters. The fraction of sp³-hybridized carbons (Fsp3) is 0.615. The standard InChI is InChI=1S/C13H21N3O4/c1-3-15-8-11(16(19)20)7-12(15)13(18)14-6-4-5-10(2)9-17/h7-8,10,17H,3-6,9H2,1-2H3,(H,14,18). The van der Waals surface area contributed by atoms with Crippen LogP contribution < -0.4 is 5.32 Å². The summed E-state index contributed by atoms with van der Waals surface area (Å²) in [4.78, 5) is 22.2. The van der Waals surface area contributed by atoms with Crippen molar-refractivity contribution in [2.24, 2.45) is 5.92 Å². The molecule has 1 heterocycles. The molecule has 7 heteroatoms. The molecule has 0 aliphatic heterocycles. The zero-order valence-corrected chi connectivity index (χ0v) is 11.8. The van der Waals surface area contributed by atoms with E-state index in [1.54, 1.807) is 4.57 Å². The third kappa shape index (κ3) is 4.34. The predicted octanol–water partition coefficient (Wildman–Crippen LogP) is 1.55. The van der Waals surface area contributed by atoms with E-state index in [-0.39, 0.29) is 24.1 Å². The van der Waals surface area contributed by atoms with Crippen LogP contribution in [0.5, 0.6) is 0 Å². The Balaban J connectivity index is 2.56.